The highest BCUT2D eigenvalue weighted by atomic mass is 32.2. The van der Waals surface area contributed by atoms with Crippen LogP contribution in [-0.2, 0) is 4.79 Å². The third kappa shape index (κ3) is 4.73. The normalized spacial score (nSPS) is 16.4. The molecule has 0 spiro atoms. The fourth-order valence-electron chi connectivity index (χ4n) is 3.54. The molecule has 3 heterocycles. The van der Waals surface area contributed by atoms with E-state index in [1.807, 2.05) is 30.0 Å². The number of anilines is 1. The van der Waals surface area contributed by atoms with Crippen molar-refractivity contribution in [3.8, 4) is 0 Å². The van der Waals surface area contributed by atoms with Crippen LogP contribution in [0.2, 0.25) is 0 Å². The van der Waals surface area contributed by atoms with Crippen molar-refractivity contribution in [2.45, 2.75) is 30.1 Å². The van der Waals surface area contributed by atoms with E-state index in [1.165, 1.54) is 23.1 Å². The molecule has 0 saturated carbocycles. The molecule has 1 amide bonds. The van der Waals surface area contributed by atoms with E-state index < -0.39 is 5.97 Å². The smallest absolute Gasteiger partial charge is 0.355 e. The van der Waals surface area contributed by atoms with Crippen molar-refractivity contribution in [2.24, 2.45) is 0 Å². The first-order chi connectivity index (χ1) is 14.5. The van der Waals surface area contributed by atoms with Crippen LogP contribution in [0.1, 0.15) is 29.0 Å². The molecule has 30 heavy (non-hydrogen) atoms. The Morgan fingerprint density at radius 1 is 1.33 bits per heavy atom. The van der Waals surface area contributed by atoms with E-state index in [0.717, 1.165) is 28.7 Å². The Morgan fingerprint density at radius 3 is 3.00 bits per heavy atom. The van der Waals surface area contributed by atoms with E-state index in [1.54, 1.807) is 5.38 Å². The maximum absolute atomic E-state index is 12.3. The topological polar surface area (TPSA) is 95.4 Å². The molecule has 1 fully saturated rings. The summed E-state index contributed by atoms with van der Waals surface area (Å²) in [5, 5.41) is 15.1. The number of aryl methyl sites for hydroxylation is 1. The number of amides is 1. The van der Waals surface area contributed by atoms with E-state index in [9.17, 15) is 9.59 Å². The summed E-state index contributed by atoms with van der Waals surface area (Å²) >= 11 is 2.81. The molecule has 2 N–H and O–H groups in total. The van der Waals surface area contributed by atoms with Gasteiger partial charge in [0.15, 0.2) is 10.0 Å². The number of rotatable bonds is 8. The molecule has 1 aliphatic rings. The highest BCUT2D eigenvalue weighted by molar-refractivity contribution is 8.01. The maximum Gasteiger partial charge on any atom is 0.355 e. The minimum atomic E-state index is -1.02. The number of carbonyl (C=O) groups excluding carboxylic acids is 1. The average Bonchev–Trinajstić information content (AvgIpc) is 3.34. The molecular formula is C21H22N4O3S2. The van der Waals surface area contributed by atoms with Crippen LogP contribution in [0.25, 0.3) is 10.9 Å². The molecule has 4 rings (SSSR count). The fraction of sp³-hybridized carbons (Fsp3) is 0.333. The predicted molar refractivity (Wildman–Crippen MR) is 120 cm³/mol. The van der Waals surface area contributed by atoms with Gasteiger partial charge in [0.05, 0.1) is 5.52 Å². The standard InChI is InChI=1S/C21H22N4O3S2/c1-13-2-3-14-10-15(4-6-17(14)23-13)22-11-16-5-7-19(26)25(16)8-9-29-21-24-18(12-30-21)20(27)28/h2-4,6,10,12,16,22H,5,7-9,11H2,1H3,(H,27,28). The van der Waals surface area contributed by atoms with Gasteiger partial charge in [-0.1, -0.05) is 17.8 Å². The largest absolute Gasteiger partial charge is 0.476 e. The molecule has 0 radical (unpaired) electrons. The summed E-state index contributed by atoms with van der Waals surface area (Å²) in [6, 6.07) is 10.3. The van der Waals surface area contributed by atoms with Gasteiger partial charge in [-0.2, -0.15) is 0 Å². The lowest BCUT2D eigenvalue weighted by molar-refractivity contribution is -0.128. The Morgan fingerprint density at radius 2 is 2.20 bits per heavy atom. The molecule has 1 unspecified atom stereocenters. The molecule has 1 saturated heterocycles. The number of carbonyl (C=O) groups is 2. The summed E-state index contributed by atoms with van der Waals surface area (Å²) in [4.78, 5) is 33.8. The van der Waals surface area contributed by atoms with Crippen LogP contribution in [0, 0.1) is 6.92 Å². The van der Waals surface area contributed by atoms with Gasteiger partial charge in [-0.25, -0.2) is 9.78 Å². The number of aromatic nitrogens is 2. The van der Waals surface area contributed by atoms with Gasteiger partial charge in [-0.05, 0) is 37.6 Å². The number of thioether (sulfide) groups is 1. The summed E-state index contributed by atoms with van der Waals surface area (Å²) < 4.78 is 0.716. The third-order valence-corrected chi connectivity index (χ3v) is 7.08. The number of benzene rings is 1. The second kappa shape index (κ2) is 9.01. The summed E-state index contributed by atoms with van der Waals surface area (Å²) in [6.07, 6.45) is 1.41. The van der Waals surface area contributed by atoms with Crippen LogP contribution in [0.15, 0.2) is 40.1 Å². The van der Waals surface area contributed by atoms with Gasteiger partial charge >= 0.3 is 5.97 Å². The van der Waals surface area contributed by atoms with Gasteiger partial charge < -0.3 is 15.3 Å². The summed E-state index contributed by atoms with van der Waals surface area (Å²) in [5.74, 6) is -0.153. The fourth-order valence-corrected chi connectivity index (χ4v) is 5.35. The van der Waals surface area contributed by atoms with Crippen molar-refractivity contribution < 1.29 is 14.7 Å². The number of thiazole rings is 1. The number of nitrogens with one attached hydrogen (secondary N) is 1. The number of pyridine rings is 1. The SMILES string of the molecule is Cc1ccc2cc(NCC3CCC(=O)N3CCSc3nc(C(=O)O)cs3)ccc2n1. The van der Waals surface area contributed by atoms with Crippen molar-refractivity contribution in [2.75, 3.05) is 24.2 Å². The molecule has 1 atom stereocenters. The summed E-state index contributed by atoms with van der Waals surface area (Å²) in [5.41, 5.74) is 3.06. The van der Waals surface area contributed by atoms with Crippen LogP contribution in [-0.4, -0.2) is 56.7 Å². The van der Waals surface area contributed by atoms with Gasteiger partial charge in [-0.15, -0.1) is 11.3 Å². The second-order valence-electron chi connectivity index (χ2n) is 7.17. The predicted octanol–water partition coefficient (Wildman–Crippen LogP) is 3.89. The number of aromatic carboxylic acids is 1. The van der Waals surface area contributed by atoms with Crippen molar-refractivity contribution in [3.63, 3.8) is 0 Å². The Balaban J connectivity index is 1.32. The number of nitrogens with zero attached hydrogens (tertiary/aromatic N) is 3. The second-order valence-corrected chi connectivity index (χ2v) is 9.37. The zero-order chi connectivity index (χ0) is 21.1. The van der Waals surface area contributed by atoms with Gasteiger partial charge in [0, 0.05) is 53.5 Å². The van der Waals surface area contributed by atoms with E-state index >= 15 is 0 Å². The molecule has 156 valence electrons. The minimum absolute atomic E-state index is 0.0718. The van der Waals surface area contributed by atoms with Crippen LogP contribution < -0.4 is 5.32 Å². The number of fused-ring (bicyclic) bond motifs is 1. The van der Waals surface area contributed by atoms with Crippen molar-refractivity contribution in [3.05, 3.63) is 47.1 Å². The number of hydrogen-bond acceptors (Lipinski definition) is 7. The Labute approximate surface area is 182 Å². The zero-order valence-corrected chi connectivity index (χ0v) is 18.1. The van der Waals surface area contributed by atoms with E-state index in [-0.39, 0.29) is 17.6 Å². The van der Waals surface area contributed by atoms with E-state index in [2.05, 4.69) is 27.4 Å². The monoisotopic (exact) mass is 442 g/mol. The highest BCUT2D eigenvalue weighted by Gasteiger charge is 2.30. The first-order valence-corrected chi connectivity index (χ1v) is 11.6. The minimum Gasteiger partial charge on any atom is -0.476 e. The van der Waals surface area contributed by atoms with Crippen molar-refractivity contribution in [1.29, 1.82) is 0 Å². The first-order valence-electron chi connectivity index (χ1n) is 9.72. The number of carboxylic acids is 1. The van der Waals surface area contributed by atoms with Crippen molar-refractivity contribution >= 4 is 51.6 Å². The quantitative estimate of drug-likeness (QED) is 0.511. The third-order valence-electron chi connectivity index (χ3n) is 5.08. The Bertz CT molecular complexity index is 1090. The van der Waals surface area contributed by atoms with Gasteiger partial charge in [0.2, 0.25) is 5.91 Å². The van der Waals surface area contributed by atoms with E-state index in [0.29, 0.717) is 29.6 Å². The van der Waals surface area contributed by atoms with Gasteiger partial charge in [-0.3, -0.25) is 9.78 Å². The van der Waals surface area contributed by atoms with Gasteiger partial charge in [0.25, 0.3) is 0 Å². The lowest BCUT2D eigenvalue weighted by atomic mass is 10.1. The van der Waals surface area contributed by atoms with Crippen LogP contribution in [0.3, 0.4) is 0 Å². The molecule has 1 aromatic carbocycles. The molecule has 0 aliphatic carbocycles. The number of carboxylic acid groups (broad SMARTS) is 1. The summed E-state index contributed by atoms with van der Waals surface area (Å²) in [6.45, 7) is 3.30. The summed E-state index contributed by atoms with van der Waals surface area (Å²) in [7, 11) is 0. The lowest BCUT2D eigenvalue weighted by Crippen LogP contribution is -2.39. The molecule has 2 aromatic heterocycles. The molecule has 9 heteroatoms. The zero-order valence-electron chi connectivity index (χ0n) is 16.5. The average molecular weight is 443 g/mol. The van der Waals surface area contributed by atoms with Crippen LogP contribution in [0.4, 0.5) is 5.69 Å². The molecular weight excluding hydrogens is 420 g/mol. The van der Waals surface area contributed by atoms with Crippen molar-refractivity contribution in [1.82, 2.24) is 14.9 Å². The van der Waals surface area contributed by atoms with Crippen LogP contribution in [0.5, 0.6) is 0 Å². The molecule has 3 aromatic rings. The van der Waals surface area contributed by atoms with Crippen LogP contribution >= 0.6 is 23.1 Å². The Hall–Kier alpha value is -2.65. The lowest BCUT2D eigenvalue weighted by Gasteiger charge is -2.25. The maximum atomic E-state index is 12.3. The molecule has 1 aliphatic heterocycles. The van der Waals surface area contributed by atoms with Gasteiger partial charge in [0.1, 0.15) is 0 Å². The number of hydrogen-bond donors (Lipinski definition) is 2. The first kappa shape index (κ1) is 20.6. The number of likely N-dealkylation sites (tertiary alicyclic amines) is 1. The molecule has 7 nitrogen and oxygen atoms in total. The van der Waals surface area contributed by atoms with E-state index in [4.69, 9.17) is 5.11 Å². The Kier molecular flexibility index (Phi) is 6.19. The molecule has 0 bridgehead atoms. The highest BCUT2D eigenvalue weighted by Crippen LogP contribution is 2.25.